The number of amides is 1. The van der Waals surface area contributed by atoms with Crippen LogP contribution in [0, 0.1) is 23.0 Å². The number of nitrogens with zero attached hydrogens (tertiary/aromatic N) is 3. The van der Waals surface area contributed by atoms with E-state index in [-0.39, 0.29) is 34.7 Å². The molecular formula is C25H23ClN4O5. The van der Waals surface area contributed by atoms with E-state index in [1.165, 1.54) is 18.2 Å². The molecule has 2 aromatic carbocycles. The predicted molar refractivity (Wildman–Crippen MR) is 132 cm³/mol. The second kappa shape index (κ2) is 9.14. The van der Waals surface area contributed by atoms with E-state index in [4.69, 9.17) is 16.1 Å². The van der Waals surface area contributed by atoms with E-state index in [0.29, 0.717) is 40.0 Å². The van der Waals surface area contributed by atoms with Crippen LogP contribution in [0.15, 0.2) is 51.8 Å². The molecule has 0 spiro atoms. The number of pyridine rings is 1. The number of nitrogens with one attached hydrogen (secondary N) is 1. The SMILES string of the molecule is Cc1onc2c1c(=O)n(C1CCCC(CNC(=O)c3cccc([N+](=O)[O-])c3)C1)c1cccc(Cl)c21. The molecule has 0 aliphatic heterocycles. The quantitative estimate of drug-likeness (QED) is 0.301. The molecule has 1 fully saturated rings. The molecule has 1 amide bonds. The van der Waals surface area contributed by atoms with Crippen LogP contribution >= 0.6 is 11.6 Å². The van der Waals surface area contributed by atoms with Crippen LogP contribution in [0.25, 0.3) is 21.8 Å². The number of halogens is 1. The van der Waals surface area contributed by atoms with Crippen molar-refractivity contribution < 1.29 is 14.2 Å². The summed E-state index contributed by atoms with van der Waals surface area (Å²) in [5.74, 6) is 0.251. The summed E-state index contributed by atoms with van der Waals surface area (Å²) in [6, 6.07) is 11.1. The summed E-state index contributed by atoms with van der Waals surface area (Å²) in [5, 5.41) is 19.7. The Morgan fingerprint density at radius 2 is 2.06 bits per heavy atom. The van der Waals surface area contributed by atoms with Gasteiger partial charge in [0.05, 0.1) is 15.5 Å². The van der Waals surface area contributed by atoms with Gasteiger partial charge in [-0.3, -0.25) is 19.7 Å². The molecule has 1 aliphatic carbocycles. The summed E-state index contributed by atoms with van der Waals surface area (Å²) in [5.41, 5.74) is 1.16. The van der Waals surface area contributed by atoms with Gasteiger partial charge in [-0.25, -0.2) is 0 Å². The van der Waals surface area contributed by atoms with Crippen LogP contribution < -0.4 is 10.9 Å². The van der Waals surface area contributed by atoms with Gasteiger partial charge in [0.1, 0.15) is 16.7 Å². The highest BCUT2D eigenvalue weighted by molar-refractivity contribution is 6.37. The van der Waals surface area contributed by atoms with E-state index in [1.807, 2.05) is 16.7 Å². The Balaban J connectivity index is 1.41. The van der Waals surface area contributed by atoms with Crippen LogP contribution in [0.5, 0.6) is 0 Å². The van der Waals surface area contributed by atoms with Crippen molar-refractivity contribution in [3.8, 4) is 0 Å². The van der Waals surface area contributed by atoms with Gasteiger partial charge in [0.2, 0.25) is 0 Å². The largest absolute Gasteiger partial charge is 0.360 e. The third-order valence-electron chi connectivity index (χ3n) is 6.77. The molecule has 2 atom stereocenters. The Kier molecular flexibility index (Phi) is 6.02. The second-order valence-corrected chi connectivity index (χ2v) is 9.38. The van der Waals surface area contributed by atoms with Crippen LogP contribution in [0.3, 0.4) is 0 Å². The van der Waals surface area contributed by atoms with Crippen LogP contribution in [-0.2, 0) is 0 Å². The van der Waals surface area contributed by atoms with Crippen molar-refractivity contribution in [1.82, 2.24) is 15.0 Å². The number of hydrogen-bond donors (Lipinski definition) is 1. The number of aromatic nitrogens is 2. The van der Waals surface area contributed by atoms with E-state index >= 15 is 0 Å². The minimum Gasteiger partial charge on any atom is -0.360 e. The van der Waals surface area contributed by atoms with Gasteiger partial charge in [0.25, 0.3) is 17.2 Å². The molecule has 2 heterocycles. The molecule has 1 saturated carbocycles. The number of non-ortho nitro benzene ring substituents is 1. The lowest BCUT2D eigenvalue weighted by molar-refractivity contribution is -0.384. The zero-order chi connectivity index (χ0) is 24.7. The number of hydrogen-bond acceptors (Lipinski definition) is 6. The fourth-order valence-corrected chi connectivity index (χ4v) is 5.38. The first-order valence-electron chi connectivity index (χ1n) is 11.5. The van der Waals surface area contributed by atoms with Crippen molar-refractivity contribution in [3.63, 3.8) is 0 Å². The standard InChI is InChI=1S/C25H23ClN4O5/c1-14-21-23(28-35-14)22-19(26)9-4-10-20(22)29(25(21)32)17-7-2-5-15(11-17)13-27-24(31)16-6-3-8-18(12-16)30(33)34/h3-4,6,8-10,12,15,17H,2,5,7,11,13H2,1H3,(H,27,31). The maximum Gasteiger partial charge on any atom is 0.270 e. The molecule has 2 unspecified atom stereocenters. The summed E-state index contributed by atoms with van der Waals surface area (Å²) >= 11 is 6.52. The number of fused-ring (bicyclic) bond motifs is 3. The summed E-state index contributed by atoms with van der Waals surface area (Å²) in [6.45, 7) is 2.14. The van der Waals surface area contributed by atoms with Gasteiger partial charge in [0, 0.05) is 35.7 Å². The summed E-state index contributed by atoms with van der Waals surface area (Å²) in [6.07, 6.45) is 3.34. The van der Waals surface area contributed by atoms with Gasteiger partial charge >= 0.3 is 0 Å². The Hall–Kier alpha value is -3.72. The normalized spacial score (nSPS) is 18.1. The number of aryl methyl sites for hydroxylation is 1. The second-order valence-electron chi connectivity index (χ2n) is 8.98. The van der Waals surface area contributed by atoms with Crippen LogP contribution in [0.1, 0.15) is 47.8 Å². The number of nitro benzene ring substituents is 1. The number of carbonyl (C=O) groups excluding carboxylic acids is 1. The highest BCUT2D eigenvalue weighted by atomic mass is 35.5. The summed E-state index contributed by atoms with van der Waals surface area (Å²) < 4.78 is 7.15. The fourth-order valence-electron chi connectivity index (χ4n) is 5.12. The van der Waals surface area contributed by atoms with E-state index in [0.717, 1.165) is 24.8 Å². The van der Waals surface area contributed by atoms with Gasteiger partial charge in [-0.05, 0) is 50.3 Å². The monoisotopic (exact) mass is 494 g/mol. The van der Waals surface area contributed by atoms with Gasteiger partial charge < -0.3 is 14.4 Å². The van der Waals surface area contributed by atoms with Crippen molar-refractivity contribution in [2.24, 2.45) is 5.92 Å². The van der Waals surface area contributed by atoms with Crippen molar-refractivity contribution in [2.45, 2.75) is 38.6 Å². The molecule has 4 aromatic rings. The smallest absolute Gasteiger partial charge is 0.270 e. The molecule has 0 saturated heterocycles. The maximum atomic E-state index is 13.6. The first-order chi connectivity index (χ1) is 16.8. The lowest BCUT2D eigenvalue weighted by Crippen LogP contribution is -2.34. The highest BCUT2D eigenvalue weighted by Gasteiger charge is 2.28. The van der Waals surface area contributed by atoms with Crippen LogP contribution in [0.2, 0.25) is 5.02 Å². The lowest BCUT2D eigenvalue weighted by Gasteiger charge is -2.31. The topological polar surface area (TPSA) is 120 Å². The van der Waals surface area contributed by atoms with Gasteiger partial charge in [0.15, 0.2) is 0 Å². The van der Waals surface area contributed by atoms with Crippen LogP contribution in [-0.4, -0.2) is 27.1 Å². The minimum absolute atomic E-state index is 0.0735. The van der Waals surface area contributed by atoms with Gasteiger partial charge in [-0.2, -0.15) is 0 Å². The number of rotatable bonds is 5. The molecule has 0 radical (unpaired) electrons. The number of carbonyl (C=O) groups is 1. The lowest BCUT2D eigenvalue weighted by atomic mass is 9.85. The summed E-state index contributed by atoms with van der Waals surface area (Å²) in [7, 11) is 0. The van der Waals surface area contributed by atoms with Crippen LogP contribution in [0.4, 0.5) is 5.69 Å². The maximum absolute atomic E-state index is 13.6. The first-order valence-corrected chi connectivity index (χ1v) is 11.8. The third kappa shape index (κ3) is 4.16. The average molecular weight is 495 g/mol. The zero-order valence-corrected chi connectivity index (χ0v) is 19.7. The molecule has 1 aliphatic rings. The Bertz CT molecular complexity index is 1530. The molecule has 0 bridgehead atoms. The molecule has 5 rings (SSSR count). The average Bonchev–Trinajstić information content (AvgIpc) is 3.24. The Labute approximate surface area is 204 Å². The van der Waals surface area contributed by atoms with Gasteiger partial charge in [-0.15, -0.1) is 0 Å². The Morgan fingerprint density at radius 1 is 1.26 bits per heavy atom. The fraction of sp³-hybridized carbons (Fsp3) is 0.320. The molecule has 2 aromatic heterocycles. The number of benzene rings is 2. The van der Waals surface area contributed by atoms with Crippen molar-refractivity contribution in [3.05, 3.63) is 79.3 Å². The van der Waals surface area contributed by atoms with E-state index in [2.05, 4.69) is 10.5 Å². The van der Waals surface area contributed by atoms with Gasteiger partial charge in [-0.1, -0.05) is 35.3 Å². The number of nitro groups is 1. The molecule has 180 valence electrons. The van der Waals surface area contributed by atoms with Crippen molar-refractivity contribution >= 4 is 45.0 Å². The molecule has 9 nitrogen and oxygen atoms in total. The minimum atomic E-state index is -0.523. The van der Waals surface area contributed by atoms with E-state index in [1.54, 1.807) is 19.1 Å². The molecule has 10 heteroatoms. The first kappa shape index (κ1) is 23.0. The van der Waals surface area contributed by atoms with E-state index in [9.17, 15) is 19.7 Å². The molecular weight excluding hydrogens is 472 g/mol. The Morgan fingerprint density at radius 3 is 2.86 bits per heavy atom. The van der Waals surface area contributed by atoms with Crippen molar-refractivity contribution in [2.75, 3.05) is 6.54 Å². The molecule has 35 heavy (non-hydrogen) atoms. The van der Waals surface area contributed by atoms with Crippen molar-refractivity contribution in [1.29, 1.82) is 0 Å². The third-order valence-corrected chi connectivity index (χ3v) is 7.09. The summed E-state index contributed by atoms with van der Waals surface area (Å²) in [4.78, 5) is 36.7. The zero-order valence-electron chi connectivity index (χ0n) is 19.0. The van der Waals surface area contributed by atoms with E-state index < -0.39 is 4.92 Å². The highest BCUT2D eigenvalue weighted by Crippen LogP contribution is 2.37. The molecule has 1 N–H and O–H groups in total. The predicted octanol–water partition coefficient (Wildman–Crippen LogP) is 5.17.